The fraction of sp³-hybridized carbons (Fsp3) is 0.214. The van der Waals surface area contributed by atoms with E-state index in [9.17, 15) is 9.59 Å². The van der Waals surface area contributed by atoms with Crippen molar-refractivity contribution in [3.05, 3.63) is 40.9 Å². The van der Waals surface area contributed by atoms with E-state index >= 15 is 0 Å². The van der Waals surface area contributed by atoms with Crippen LogP contribution in [0.25, 0.3) is 0 Å². The first-order chi connectivity index (χ1) is 9.60. The highest BCUT2D eigenvalue weighted by Crippen LogP contribution is 2.28. The molecule has 0 bridgehead atoms. The number of aryl methyl sites for hydroxylation is 1. The summed E-state index contributed by atoms with van der Waals surface area (Å²) in [5, 5.41) is 11.9. The highest BCUT2D eigenvalue weighted by atomic mass is 32.2. The maximum Gasteiger partial charge on any atom is 0.244 e. The second kappa shape index (κ2) is 6.26. The predicted octanol–water partition coefficient (Wildman–Crippen LogP) is 1.87. The van der Waals surface area contributed by atoms with E-state index < -0.39 is 0 Å². The molecule has 0 unspecified atom stereocenters. The molecule has 2 rings (SSSR count). The van der Waals surface area contributed by atoms with Gasteiger partial charge in [0, 0.05) is 11.8 Å². The van der Waals surface area contributed by atoms with Crippen LogP contribution in [0, 0.1) is 18.3 Å². The Morgan fingerprint density at radius 2 is 2.20 bits per heavy atom. The van der Waals surface area contributed by atoms with Crippen LogP contribution in [0.2, 0.25) is 0 Å². The fourth-order valence-corrected chi connectivity index (χ4v) is 2.62. The van der Waals surface area contributed by atoms with Crippen molar-refractivity contribution in [3.63, 3.8) is 0 Å². The van der Waals surface area contributed by atoms with Crippen LogP contribution in [0.4, 0.5) is 5.69 Å². The van der Waals surface area contributed by atoms with Crippen LogP contribution in [-0.4, -0.2) is 29.0 Å². The van der Waals surface area contributed by atoms with Gasteiger partial charge in [-0.2, -0.15) is 5.26 Å². The normalized spacial score (nSPS) is 16.3. The second-order valence-corrected chi connectivity index (χ2v) is 5.29. The number of hydrogen-bond donors (Lipinski definition) is 1. The molecule has 2 amide bonds. The summed E-state index contributed by atoms with van der Waals surface area (Å²) in [6.45, 7) is 1.89. The minimum atomic E-state index is -0.284. The standard InChI is InChI=1S/C14H13N3O2S/c1-10-2-4-11(5-3-10)16-12(18)8-17-13(19)9-20-14(17)6-7-15/h2-6H,8-9H2,1H3,(H,16,18). The lowest BCUT2D eigenvalue weighted by atomic mass is 10.2. The third-order valence-electron chi connectivity index (χ3n) is 2.74. The monoisotopic (exact) mass is 287 g/mol. The van der Waals surface area contributed by atoms with Crippen LogP contribution in [0.3, 0.4) is 0 Å². The molecule has 0 aromatic heterocycles. The van der Waals surface area contributed by atoms with Crippen molar-refractivity contribution in [3.8, 4) is 6.07 Å². The number of anilines is 1. The number of rotatable bonds is 3. The summed E-state index contributed by atoms with van der Waals surface area (Å²) in [6.07, 6.45) is 1.29. The van der Waals surface area contributed by atoms with E-state index in [0.717, 1.165) is 5.56 Å². The van der Waals surface area contributed by atoms with Crippen LogP contribution >= 0.6 is 11.8 Å². The number of nitrogens with zero attached hydrogens (tertiary/aromatic N) is 2. The molecule has 102 valence electrons. The molecule has 1 aromatic carbocycles. The average Bonchev–Trinajstić information content (AvgIpc) is 2.75. The van der Waals surface area contributed by atoms with Gasteiger partial charge in [0.05, 0.1) is 16.9 Å². The van der Waals surface area contributed by atoms with E-state index in [1.807, 2.05) is 25.1 Å². The number of nitriles is 1. The molecule has 20 heavy (non-hydrogen) atoms. The molecule has 0 aliphatic carbocycles. The Morgan fingerprint density at radius 3 is 2.85 bits per heavy atom. The maximum absolute atomic E-state index is 11.9. The van der Waals surface area contributed by atoms with Crippen molar-refractivity contribution in [2.75, 3.05) is 17.6 Å². The zero-order valence-electron chi connectivity index (χ0n) is 10.9. The van der Waals surface area contributed by atoms with Crippen LogP contribution in [0.15, 0.2) is 35.4 Å². The van der Waals surface area contributed by atoms with Gasteiger partial charge in [0.25, 0.3) is 0 Å². The molecule has 1 saturated heterocycles. The van der Waals surface area contributed by atoms with Gasteiger partial charge < -0.3 is 5.32 Å². The SMILES string of the molecule is Cc1ccc(NC(=O)CN2C(=O)CSC2=CC#N)cc1. The molecule has 1 aliphatic heterocycles. The van der Waals surface area contributed by atoms with Gasteiger partial charge in [-0.15, -0.1) is 0 Å². The van der Waals surface area contributed by atoms with E-state index in [2.05, 4.69) is 5.32 Å². The van der Waals surface area contributed by atoms with Crippen molar-refractivity contribution in [2.45, 2.75) is 6.92 Å². The second-order valence-electron chi connectivity index (χ2n) is 4.29. The largest absolute Gasteiger partial charge is 0.325 e. The predicted molar refractivity (Wildman–Crippen MR) is 77.7 cm³/mol. The quantitative estimate of drug-likeness (QED) is 0.861. The molecular weight excluding hydrogens is 274 g/mol. The summed E-state index contributed by atoms with van der Waals surface area (Å²) < 4.78 is 0. The zero-order valence-corrected chi connectivity index (χ0v) is 11.7. The van der Waals surface area contributed by atoms with Crippen LogP contribution in [-0.2, 0) is 9.59 Å². The Kier molecular flexibility index (Phi) is 4.43. The Balaban J connectivity index is 2.00. The van der Waals surface area contributed by atoms with Crippen molar-refractivity contribution < 1.29 is 9.59 Å². The number of carbonyl (C=O) groups excluding carboxylic acids is 2. The van der Waals surface area contributed by atoms with Crippen LogP contribution in [0.5, 0.6) is 0 Å². The topological polar surface area (TPSA) is 73.2 Å². The van der Waals surface area contributed by atoms with Gasteiger partial charge >= 0.3 is 0 Å². The number of nitrogens with one attached hydrogen (secondary N) is 1. The molecule has 0 spiro atoms. The molecule has 5 nitrogen and oxygen atoms in total. The van der Waals surface area contributed by atoms with Gasteiger partial charge in [0.15, 0.2) is 0 Å². The summed E-state index contributed by atoms with van der Waals surface area (Å²) in [4.78, 5) is 24.9. The molecule has 1 aromatic rings. The van der Waals surface area contributed by atoms with Crippen LogP contribution < -0.4 is 5.32 Å². The lowest BCUT2D eigenvalue weighted by molar-refractivity contribution is -0.129. The number of allylic oxidation sites excluding steroid dienone is 1. The lowest BCUT2D eigenvalue weighted by Gasteiger charge is -2.15. The van der Waals surface area contributed by atoms with Crippen molar-refractivity contribution in [1.82, 2.24) is 4.90 Å². The summed E-state index contributed by atoms with van der Waals surface area (Å²) in [5.41, 5.74) is 1.79. The van der Waals surface area contributed by atoms with E-state index in [0.29, 0.717) is 10.7 Å². The van der Waals surface area contributed by atoms with Crippen molar-refractivity contribution >= 4 is 29.3 Å². The number of thioether (sulfide) groups is 1. The Morgan fingerprint density at radius 1 is 1.50 bits per heavy atom. The highest BCUT2D eigenvalue weighted by Gasteiger charge is 2.28. The van der Waals surface area contributed by atoms with Crippen molar-refractivity contribution in [2.24, 2.45) is 0 Å². The molecule has 1 fully saturated rings. The molecule has 0 radical (unpaired) electrons. The maximum atomic E-state index is 11.9. The lowest BCUT2D eigenvalue weighted by Crippen LogP contribution is -2.33. The van der Waals surface area contributed by atoms with Gasteiger partial charge in [-0.1, -0.05) is 29.5 Å². The van der Waals surface area contributed by atoms with Gasteiger partial charge in [0.2, 0.25) is 11.8 Å². The number of benzene rings is 1. The Bertz CT molecular complexity index is 602. The number of amides is 2. The first-order valence-electron chi connectivity index (χ1n) is 5.99. The van der Waals surface area contributed by atoms with E-state index in [-0.39, 0.29) is 24.1 Å². The number of hydrogen-bond acceptors (Lipinski definition) is 4. The highest BCUT2D eigenvalue weighted by molar-refractivity contribution is 8.04. The van der Waals surface area contributed by atoms with Crippen LogP contribution in [0.1, 0.15) is 5.56 Å². The minimum Gasteiger partial charge on any atom is -0.325 e. The smallest absolute Gasteiger partial charge is 0.244 e. The van der Waals surface area contributed by atoms with Gasteiger partial charge in [-0.05, 0) is 19.1 Å². The zero-order chi connectivity index (χ0) is 14.5. The molecule has 6 heteroatoms. The first kappa shape index (κ1) is 14.2. The van der Waals surface area contributed by atoms with Gasteiger partial charge in [-0.3, -0.25) is 14.5 Å². The first-order valence-corrected chi connectivity index (χ1v) is 6.98. The number of carbonyl (C=O) groups is 2. The molecule has 1 aliphatic rings. The van der Waals surface area contributed by atoms with Gasteiger partial charge in [0.1, 0.15) is 6.54 Å². The molecule has 1 heterocycles. The third-order valence-corrected chi connectivity index (χ3v) is 3.76. The fourth-order valence-electron chi connectivity index (χ4n) is 1.74. The average molecular weight is 287 g/mol. The Hall–Kier alpha value is -2.26. The van der Waals surface area contributed by atoms with Crippen molar-refractivity contribution in [1.29, 1.82) is 5.26 Å². The molecule has 1 N–H and O–H groups in total. The van der Waals surface area contributed by atoms with Gasteiger partial charge in [-0.25, -0.2) is 0 Å². The summed E-state index contributed by atoms with van der Waals surface area (Å²) in [5.74, 6) is -0.171. The summed E-state index contributed by atoms with van der Waals surface area (Å²) in [6, 6.07) is 9.28. The van der Waals surface area contributed by atoms with E-state index in [1.54, 1.807) is 12.1 Å². The summed E-state index contributed by atoms with van der Waals surface area (Å²) >= 11 is 1.27. The Labute approximate surface area is 121 Å². The molecular formula is C14H13N3O2S. The third kappa shape index (κ3) is 3.39. The van der Waals surface area contributed by atoms with E-state index in [4.69, 9.17) is 5.26 Å². The molecule has 0 saturated carbocycles. The van der Waals surface area contributed by atoms with E-state index in [1.165, 1.54) is 22.7 Å². The summed E-state index contributed by atoms with van der Waals surface area (Å²) in [7, 11) is 0. The minimum absolute atomic E-state index is 0.0762. The molecule has 0 atom stereocenters.